The van der Waals surface area contributed by atoms with Gasteiger partial charge in [-0.15, -0.1) is 0 Å². The molecule has 0 saturated carbocycles. The number of carboxylic acid groups (broad SMARTS) is 1. The van der Waals surface area contributed by atoms with Crippen molar-refractivity contribution in [2.75, 3.05) is 18.4 Å². The largest absolute Gasteiger partial charge is 0.477 e. The maximum absolute atomic E-state index is 12.2. The van der Waals surface area contributed by atoms with Crippen molar-refractivity contribution in [3.8, 4) is 0 Å². The Labute approximate surface area is 135 Å². The van der Waals surface area contributed by atoms with Crippen molar-refractivity contribution in [2.24, 2.45) is 0 Å². The van der Waals surface area contributed by atoms with Crippen LogP contribution in [0.1, 0.15) is 44.1 Å². The molecule has 0 bridgehead atoms. The molecule has 7 heteroatoms. The van der Waals surface area contributed by atoms with Crippen molar-refractivity contribution < 1.29 is 19.4 Å². The Morgan fingerprint density at radius 2 is 2.17 bits per heavy atom. The monoisotopic (exact) mass is 321 g/mol. The van der Waals surface area contributed by atoms with Crippen molar-refractivity contribution in [2.45, 2.75) is 45.3 Å². The minimum absolute atomic E-state index is 0.00629. The number of hydrogen-bond donors (Lipinski definition) is 2. The van der Waals surface area contributed by atoms with Gasteiger partial charge in [0.15, 0.2) is 0 Å². The Hall–Kier alpha value is -2.31. The van der Waals surface area contributed by atoms with E-state index in [0.717, 1.165) is 18.5 Å². The number of aromatic carboxylic acids is 1. The molecule has 1 unspecified atom stereocenters. The summed E-state index contributed by atoms with van der Waals surface area (Å²) < 4.78 is 5.43. The van der Waals surface area contributed by atoms with Gasteiger partial charge in [0.05, 0.1) is 17.9 Å². The number of aromatic nitrogens is 1. The second kappa shape index (κ2) is 6.85. The summed E-state index contributed by atoms with van der Waals surface area (Å²) in [6.07, 6.45) is 3.05. The van der Waals surface area contributed by atoms with Gasteiger partial charge >= 0.3 is 12.1 Å². The minimum atomic E-state index is -1.05. The van der Waals surface area contributed by atoms with Gasteiger partial charge in [0.2, 0.25) is 0 Å². The summed E-state index contributed by atoms with van der Waals surface area (Å²) in [4.78, 5) is 28.6. The van der Waals surface area contributed by atoms with Gasteiger partial charge in [-0.1, -0.05) is 0 Å². The fraction of sp³-hybridized carbons (Fsp3) is 0.562. The molecule has 1 amide bonds. The third kappa shape index (κ3) is 4.84. The number of carbonyl (C=O) groups is 2. The number of rotatable bonds is 4. The average molecular weight is 321 g/mol. The van der Waals surface area contributed by atoms with Crippen molar-refractivity contribution in [1.29, 1.82) is 0 Å². The van der Waals surface area contributed by atoms with Crippen LogP contribution < -0.4 is 5.32 Å². The topological polar surface area (TPSA) is 91.8 Å². The molecule has 2 rings (SSSR count). The fourth-order valence-corrected chi connectivity index (χ4v) is 2.47. The van der Waals surface area contributed by atoms with Gasteiger partial charge in [-0.05, 0) is 45.7 Å². The molecule has 2 heterocycles. The van der Waals surface area contributed by atoms with Crippen molar-refractivity contribution in [3.05, 3.63) is 24.0 Å². The lowest BCUT2D eigenvalue weighted by molar-refractivity contribution is 0.0235. The first-order valence-electron chi connectivity index (χ1n) is 7.69. The number of carboxylic acids is 1. The molecule has 23 heavy (non-hydrogen) atoms. The first-order chi connectivity index (χ1) is 10.8. The molecule has 1 fully saturated rings. The first-order valence-corrected chi connectivity index (χ1v) is 7.69. The van der Waals surface area contributed by atoms with E-state index in [9.17, 15) is 9.59 Å². The Bertz CT molecular complexity index is 566. The quantitative estimate of drug-likeness (QED) is 0.885. The summed E-state index contributed by atoms with van der Waals surface area (Å²) in [6.45, 7) is 6.82. The van der Waals surface area contributed by atoms with Crippen LogP contribution in [0.4, 0.5) is 10.5 Å². The predicted octanol–water partition coefficient (Wildman–Crippen LogP) is 2.59. The van der Waals surface area contributed by atoms with Crippen molar-refractivity contribution >= 4 is 17.7 Å². The van der Waals surface area contributed by atoms with Gasteiger partial charge in [0.25, 0.3) is 0 Å². The van der Waals surface area contributed by atoms with E-state index < -0.39 is 11.6 Å². The third-order valence-corrected chi connectivity index (χ3v) is 3.53. The number of likely N-dealkylation sites (tertiary alicyclic amines) is 1. The standard InChI is InChI=1S/C16H23N3O4/c1-16(2,3)23-15(22)19-8-4-5-12(19)10-17-11-6-7-13(14(20)21)18-9-11/h6-7,9,12,17H,4-5,8,10H2,1-3H3,(H,20,21). The average Bonchev–Trinajstić information content (AvgIpc) is 2.92. The maximum Gasteiger partial charge on any atom is 0.410 e. The molecular weight excluding hydrogens is 298 g/mol. The molecule has 1 atom stereocenters. The van der Waals surface area contributed by atoms with Crippen LogP contribution in [0.25, 0.3) is 0 Å². The van der Waals surface area contributed by atoms with Crippen molar-refractivity contribution in [3.63, 3.8) is 0 Å². The van der Waals surface area contributed by atoms with Gasteiger partial charge in [0, 0.05) is 13.1 Å². The van der Waals surface area contributed by atoms with Crippen LogP contribution in [0, 0.1) is 0 Å². The highest BCUT2D eigenvalue weighted by atomic mass is 16.6. The van der Waals surface area contributed by atoms with E-state index in [2.05, 4.69) is 10.3 Å². The van der Waals surface area contributed by atoms with Gasteiger partial charge < -0.3 is 20.1 Å². The predicted molar refractivity (Wildman–Crippen MR) is 85.6 cm³/mol. The molecule has 126 valence electrons. The van der Waals surface area contributed by atoms with Gasteiger partial charge in [-0.2, -0.15) is 0 Å². The van der Waals surface area contributed by atoms with Crippen LogP contribution in [0.3, 0.4) is 0 Å². The number of nitrogens with one attached hydrogen (secondary N) is 1. The molecule has 1 aliphatic heterocycles. The summed E-state index contributed by atoms with van der Waals surface area (Å²) in [5.41, 5.74) is 0.228. The lowest BCUT2D eigenvalue weighted by Gasteiger charge is -2.28. The Morgan fingerprint density at radius 3 is 2.74 bits per heavy atom. The van der Waals surface area contributed by atoms with Crippen molar-refractivity contribution in [1.82, 2.24) is 9.88 Å². The van der Waals surface area contributed by atoms with E-state index in [4.69, 9.17) is 9.84 Å². The summed E-state index contributed by atoms with van der Waals surface area (Å²) >= 11 is 0. The van der Waals surface area contributed by atoms with Crippen LogP contribution in [0.15, 0.2) is 18.3 Å². The van der Waals surface area contributed by atoms with Gasteiger partial charge in [-0.3, -0.25) is 0 Å². The van der Waals surface area contributed by atoms with E-state index >= 15 is 0 Å². The van der Waals surface area contributed by atoms with Crippen LogP contribution in [0.2, 0.25) is 0 Å². The highest BCUT2D eigenvalue weighted by Gasteiger charge is 2.31. The number of pyridine rings is 1. The first kappa shape index (κ1) is 17.1. The van der Waals surface area contributed by atoms with E-state index in [-0.39, 0.29) is 17.8 Å². The number of ether oxygens (including phenoxy) is 1. The molecule has 0 spiro atoms. The normalized spacial score (nSPS) is 17.9. The second-order valence-electron chi connectivity index (χ2n) is 6.59. The van der Waals surface area contributed by atoms with Crippen LogP contribution in [0.5, 0.6) is 0 Å². The molecular formula is C16H23N3O4. The smallest absolute Gasteiger partial charge is 0.410 e. The molecule has 1 aromatic heterocycles. The zero-order valence-corrected chi connectivity index (χ0v) is 13.7. The van der Waals surface area contributed by atoms with Crippen LogP contribution in [-0.4, -0.2) is 51.8 Å². The number of anilines is 1. The van der Waals surface area contributed by atoms with E-state index in [1.54, 1.807) is 11.0 Å². The zero-order valence-electron chi connectivity index (χ0n) is 13.7. The molecule has 0 aliphatic carbocycles. The maximum atomic E-state index is 12.2. The molecule has 1 aromatic rings. The lowest BCUT2D eigenvalue weighted by atomic mass is 10.2. The van der Waals surface area contributed by atoms with Crippen LogP contribution >= 0.6 is 0 Å². The van der Waals surface area contributed by atoms with Gasteiger partial charge in [-0.25, -0.2) is 14.6 Å². The Morgan fingerprint density at radius 1 is 1.43 bits per heavy atom. The lowest BCUT2D eigenvalue weighted by Crippen LogP contribution is -2.42. The Kier molecular flexibility index (Phi) is 5.08. The summed E-state index contributed by atoms with van der Waals surface area (Å²) in [5, 5.41) is 12.0. The molecule has 1 aliphatic rings. The number of hydrogen-bond acceptors (Lipinski definition) is 5. The highest BCUT2D eigenvalue weighted by molar-refractivity contribution is 5.85. The van der Waals surface area contributed by atoms with Gasteiger partial charge in [0.1, 0.15) is 11.3 Å². The number of carbonyl (C=O) groups excluding carboxylic acids is 1. The summed E-state index contributed by atoms with van der Waals surface area (Å²) in [7, 11) is 0. The Balaban J connectivity index is 1.91. The highest BCUT2D eigenvalue weighted by Crippen LogP contribution is 2.21. The summed E-state index contributed by atoms with van der Waals surface area (Å²) in [5.74, 6) is -1.05. The molecule has 0 radical (unpaired) electrons. The molecule has 7 nitrogen and oxygen atoms in total. The molecule has 1 saturated heterocycles. The number of nitrogens with zero attached hydrogens (tertiary/aromatic N) is 2. The third-order valence-electron chi connectivity index (χ3n) is 3.53. The van der Waals surface area contributed by atoms with E-state index in [1.165, 1.54) is 12.3 Å². The van der Waals surface area contributed by atoms with E-state index in [1.807, 2.05) is 20.8 Å². The number of amides is 1. The molecule has 2 N–H and O–H groups in total. The summed E-state index contributed by atoms with van der Waals surface area (Å²) in [6, 6.07) is 3.18. The minimum Gasteiger partial charge on any atom is -0.477 e. The molecule has 0 aromatic carbocycles. The van der Waals surface area contributed by atoms with Crippen LogP contribution in [-0.2, 0) is 4.74 Å². The second-order valence-corrected chi connectivity index (χ2v) is 6.59. The SMILES string of the molecule is CC(C)(C)OC(=O)N1CCCC1CNc1ccc(C(=O)O)nc1. The zero-order chi connectivity index (χ0) is 17.0. The van der Waals surface area contributed by atoms with E-state index in [0.29, 0.717) is 13.1 Å². The fourth-order valence-electron chi connectivity index (χ4n) is 2.47.